The molecule has 0 radical (unpaired) electrons. The molecule has 3 unspecified atom stereocenters. The second-order valence-electron chi connectivity index (χ2n) is 6.61. The van der Waals surface area contributed by atoms with Gasteiger partial charge in [0.2, 0.25) is 5.91 Å². The number of hydrogen-bond acceptors (Lipinski definition) is 3. The third kappa shape index (κ3) is 1.26. The number of carbonyl (C=O) groups is 1. The summed E-state index contributed by atoms with van der Waals surface area (Å²) < 4.78 is 0. The number of thioether (sulfide) groups is 1. The lowest BCUT2D eigenvalue weighted by Crippen LogP contribution is -2.66. The van der Waals surface area contributed by atoms with Gasteiger partial charge in [-0.2, -0.15) is 0 Å². The third-order valence-electron chi connectivity index (χ3n) is 5.43. The summed E-state index contributed by atoms with van der Waals surface area (Å²) in [6.45, 7) is 2.01. The zero-order valence-electron chi connectivity index (χ0n) is 10.1. The largest absolute Gasteiger partial charge is 0.390 e. The Morgan fingerprint density at radius 1 is 1.29 bits per heavy atom. The summed E-state index contributed by atoms with van der Waals surface area (Å²) >= 11 is 1.84. The predicted octanol–water partition coefficient (Wildman–Crippen LogP) is 1.51. The normalized spacial score (nSPS) is 60.0. The Bertz CT molecular complexity index is 381. The fourth-order valence-electron chi connectivity index (χ4n) is 4.99. The lowest BCUT2D eigenvalue weighted by molar-refractivity contribution is -0.150. The first kappa shape index (κ1) is 10.7. The van der Waals surface area contributed by atoms with Gasteiger partial charge < -0.3 is 10.4 Å². The molecule has 1 heterocycles. The van der Waals surface area contributed by atoms with Gasteiger partial charge in [-0.25, -0.2) is 0 Å². The predicted molar refractivity (Wildman–Crippen MR) is 66.4 cm³/mol. The molecule has 0 aromatic rings. The molecule has 1 saturated heterocycles. The van der Waals surface area contributed by atoms with Gasteiger partial charge in [0.25, 0.3) is 0 Å². The molecule has 5 rings (SSSR count). The Kier molecular flexibility index (Phi) is 1.90. The topological polar surface area (TPSA) is 49.3 Å². The Balaban J connectivity index is 1.73. The molecular formula is C13H19NO2S. The fraction of sp³-hybridized carbons (Fsp3) is 0.923. The Morgan fingerprint density at radius 2 is 1.94 bits per heavy atom. The highest BCUT2D eigenvalue weighted by molar-refractivity contribution is 8.02. The van der Waals surface area contributed by atoms with Gasteiger partial charge in [0.1, 0.15) is 0 Å². The molecular weight excluding hydrogens is 234 g/mol. The van der Waals surface area contributed by atoms with Crippen molar-refractivity contribution in [1.29, 1.82) is 0 Å². The molecule has 1 aliphatic heterocycles. The highest BCUT2D eigenvalue weighted by atomic mass is 32.2. The van der Waals surface area contributed by atoms with Crippen LogP contribution in [-0.2, 0) is 4.79 Å². The number of nitrogens with one attached hydrogen (secondary N) is 1. The molecule has 6 atom stereocenters. The minimum atomic E-state index is -0.404. The first-order chi connectivity index (χ1) is 8.01. The van der Waals surface area contributed by atoms with Crippen LogP contribution in [0.25, 0.3) is 0 Å². The molecule has 1 amide bonds. The maximum Gasteiger partial charge on any atom is 0.234 e. The molecule has 2 N–H and O–H groups in total. The average Bonchev–Trinajstić information content (AvgIpc) is 2.51. The van der Waals surface area contributed by atoms with E-state index >= 15 is 0 Å². The van der Waals surface area contributed by atoms with E-state index in [4.69, 9.17) is 0 Å². The van der Waals surface area contributed by atoms with Crippen molar-refractivity contribution < 1.29 is 9.90 Å². The zero-order valence-corrected chi connectivity index (χ0v) is 10.9. The van der Waals surface area contributed by atoms with E-state index in [1.807, 2.05) is 18.7 Å². The molecule has 0 aromatic heterocycles. The molecule has 4 saturated carbocycles. The van der Waals surface area contributed by atoms with Crippen LogP contribution in [0.2, 0.25) is 0 Å². The highest BCUT2D eigenvalue weighted by Gasteiger charge is 2.65. The summed E-state index contributed by atoms with van der Waals surface area (Å²) in [5.74, 6) is 1.90. The van der Waals surface area contributed by atoms with Crippen LogP contribution in [-0.4, -0.2) is 26.7 Å². The molecule has 0 aromatic carbocycles. The number of carbonyl (C=O) groups excluding carboxylic acids is 1. The molecule has 4 bridgehead atoms. The minimum absolute atomic E-state index is 0.0281. The highest BCUT2D eigenvalue weighted by Crippen LogP contribution is 2.64. The van der Waals surface area contributed by atoms with E-state index in [0.29, 0.717) is 17.8 Å². The van der Waals surface area contributed by atoms with Crippen molar-refractivity contribution in [3.05, 3.63) is 0 Å². The van der Waals surface area contributed by atoms with Crippen LogP contribution in [0.1, 0.15) is 39.0 Å². The number of rotatable bonds is 0. The van der Waals surface area contributed by atoms with Crippen LogP contribution in [0.5, 0.6) is 0 Å². The van der Waals surface area contributed by atoms with E-state index in [-0.39, 0.29) is 16.0 Å². The molecule has 4 aliphatic carbocycles. The minimum Gasteiger partial charge on any atom is -0.390 e. The smallest absolute Gasteiger partial charge is 0.234 e. The zero-order chi connectivity index (χ0) is 11.8. The van der Waals surface area contributed by atoms with E-state index < -0.39 is 5.60 Å². The van der Waals surface area contributed by atoms with Crippen LogP contribution in [0, 0.1) is 17.8 Å². The van der Waals surface area contributed by atoms with E-state index in [1.54, 1.807) is 0 Å². The van der Waals surface area contributed by atoms with Crippen LogP contribution in [0.4, 0.5) is 0 Å². The molecule has 1 spiro atoms. The maximum absolute atomic E-state index is 11.9. The molecule has 94 valence electrons. The quantitative estimate of drug-likeness (QED) is 0.688. The Morgan fingerprint density at radius 3 is 2.41 bits per heavy atom. The van der Waals surface area contributed by atoms with Gasteiger partial charge in [0.15, 0.2) is 0 Å². The van der Waals surface area contributed by atoms with Gasteiger partial charge in [-0.15, -0.1) is 11.8 Å². The van der Waals surface area contributed by atoms with Crippen LogP contribution in [0.15, 0.2) is 0 Å². The van der Waals surface area contributed by atoms with Crippen molar-refractivity contribution in [2.75, 3.05) is 0 Å². The number of aliphatic hydroxyl groups is 1. The van der Waals surface area contributed by atoms with Gasteiger partial charge in [-0.05, 0) is 56.8 Å². The monoisotopic (exact) mass is 253 g/mol. The first-order valence-corrected chi connectivity index (χ1v) is 7.61. The Labute approximate surface area is 106 Å². The van der Waals surface area contributed by atoms with Gasteiger partial charge in [0, 0.05) is 0 Å². The van der Waals surface area contributed by atoms with E-state index in [2.05, 4.69) is 5.32 Å². The van der Waals surface area contributed by atoms with Crippen LogP contribution < -0.4 is 5.32 Å². The van der Waals surface area contributed by atoms with Crippen molar-refractivity contribution >= 4 is 17.7 Å². The third-order valence-corrected chi connectivity index (χ3v) is 7.16. The second-order valence-corrected chi connectivity index (χ2v) is 8.23. The Hall–Kier alpha value is -0.220. The summed E-state index contributed by atoms with van der Waals surface area (Å²) in [4.78, 5) is 11.8. The summed E-state index contributed by atoms with van der Waals surface area (Å²) in [7, 11) is 0. The van der Waals surface area contributed by atoms with E-state index in [1.165, 1.54) is 12.8 Å². The molecule has 3 nitrogen and oxygen atoms in total. The summed E-state index contributed by atoms with van der Waals surface area (Å²) in [6, 6.07) is 0. The second kappa shape index (κ2) is 3.02. The molecule has 5 fully saturated rings. The molecule has 17 heavy (non-hydrogen) atoms. The average molecular weight is 253 g/mol. The van der Waals surface area contributed by atoms with Gasteiger partial charge >= 0.3 is 0 Å². The number of amides is 1. The summed E-state index contributed by atoms with van der Waals surface area (Å²) in [6.07, 6.45) is 5.22. The van der Waals surface area contributed by atoms with Crippen LogP contribution >= 0.6 is 11.8 Å². The lowest BCUT2D eigenvalue weighted by Gasteiger charge is -2.62. The van der Waals surface area contributed by atoms with Gasteiger partial charge in [-0.3, -0.25) is 4.79 Å². The van der Waals surface area contributed by atoms with Crippen molar-refractivity contribution in [3.8, 4) is 0 Å². The molecule has 5 aliphatic rings. The molecule has 4 heteroatoms. The van der Waals surface area contributed by atoms with Gasteiger partial charge in [0.05, 0.1) is 15.7 Å². The number of hydrogen-bond donors (Lipinski definition) is 2. The van der Waals surface area contributed by atoms with Crippen molar-refractivity contribution in [2.45, 2.75) is 54.7 Å². The van der Waals surface area contributed by atoms with Crippen molar-refractivity contribution in [1.82, 2.24) is 5.32 Å². The van der Waals surface area contributed by atoms with E-state index in [9.17, 15) is 9.90 Å². The standard InChI is InChI=1S/C13H19NO2S/c1-7-11(15)14-13(17-7)9-2-8-3-10(13)6-12(16,4-8)5-9/h7-10,16H,2-6H2,1H3,(H,14,15)/t7-,8?,9-,10+,12?,13?/m1/s1. The van der Waals surface area contributed by atoms with Crippen molar-refractivity contribution in [3.63, 3.8) is 0 Å². The van der Waals surface area contributed by atoms with Crippen LogP contribution in [0.3, 0.4) is 0 Å². The summed E-state index contributed by atoms with van der Waals surface area (Å²) in [5, 5.41) is 13.9. The van der Waals surface area contributed by atoms with E-state index in [0.717, 1.165) is 19.3 Å². The van der Waals surface area contributed by atoms with Crippen molar-refractivity contribution in [2.24, 2.45) is 17.8 Å². The first-order valence-electron chi connectivity index (χ1n) is 6.73. The lowest BCUT2D eigenvalue weighted by atomic mass is 9.52. The fourth-order valence-corrected chi connectivity index (χ4v) is 6.65. The maximum atomic E-state index is 11.9. The van der Waals surface area contributed by atoms with Gasteiger partial charge in [-0.1, -0.05) is 0 Å². The summed E-state index contributed by atoms with van der Waals surface area (Å²) in [5.41, 5.74) is -0.404. The SMILES string of the molecule is C[C@H]1SC2(NC1=O)[C@@H]1CC3C[C@H]2CC(O)(C3)C1.